The van der Waals surface area contributed by atoms with Crippen molar-refractivity contribution in [2.75, 3.05) is 23.9 Å². The first-order valence-electron chi connectivity index (χ1n) is 9.53. The van der Waals surface area contributed by atoms with Crippen LogP contribution in [0.15, 0.2) is 54.0 Å². The van der Waals surface area contributed by atoms with E-state index in [0.717, 1.165) is 9.80 Å². The first-order chi connectivity index (χ1) is 15.1. The summed E-state index contributed by atoms with van der Waals surface area (Å²) in [5.41, 5.74) is 0.168. The lowest BCUT2D eigenvalue weighted by Crippen LogP contribution is -2.56. The highest BCUT2D eigenvalue weighted by atomic mass is 35.5. The number of urea groups is 1. The number of allylic oxidation sites excluding steroid dienone is 4. The van der Waals surface area contributed by atoms with Crippen LogP contribution in [0.25, 0.3) is 0 Å². The highest BCUT2D eigenvalue weighted by Crippen LogP contribution is 2.40. The van der Waals surface area contributed by atoms with E-state index in [4.69, 9.17) is 16.3 Å². The van der Waals surface area contributed by atoms with Crippen LogP contribution in [0.4, 0.5) is 10.5 Å². The summed E-state index contributed by atoms with van der Waals surface area (Å²) in [7, 11) is -4.39. The van der Waals surface area contributed by atoms with Gasteiger partial charge in [-0.2, -0.15) is 8.42 Å². The van der Waals surface area contributed by atoms with Crippen LogP contribution >= 0.6 is 11.6 Å². The number of nitrogens with zero attached hydrogens (tertiary/aromatic N) is 3. The second-order valence-corrected chi connectivity index (χ2v) is 8.56. The molecule has 0 saturated carbocycles. The van der Waals surface area contributed by atoms with E-state index in [1.54, 1.807) is 26.0 Å². The van der Waals surface area contributed by atoms with Crippen LogP contribution in [0, 0.1) is 0 Å². The number of benzene rings is 1. The topological polar surface area (TPSA) is 125 Å². The molecular weight excluding hydrogens is 462 g/mol. The first-order valence-corrected chi connectivity index (χ1v) is 11.5. The highest BCUT2D eigenvalue weighted by Gasteiger charge is 2.40. The Kier molecular flexibility index (Phi) is 6.72. The minimum absolute atomic E-state index is 0.0800. The van der Waals surface area contributed by atoms with E-state index < -0.39 is 33.8 Å². The van der Waals surface area contributed by atoms with E-state index in [1.165, 1.54) is 35.3 Å². The minimum atomic E-state index is -4.39. The molecule has 2 heterocycles. The molecule has 10 nitrogen and oxygen atoms in total. The van der Waals surface area contributed by atoms with Crippen molar-refractivity contribution < 1.29 is 32.1 Å². The minimum Gasteiger partial charge on any atom is -0.439 e. The van der Waals surface area contributed by atoms with Gasteiger partial charge in [-0.1, -0.05) is 23.8 Å². The number of imide groups is 2. The standard InChI is InChI=1S/C20H20ClN3O7S/c1-3-22-18(25)14(19(26)23(4-2)20(22)27)7-5-6-8-17-24(12-32(28,29)30)15-11-13(21)9-10-16(15)31-17/h5-11H,3-4,12H2,1-2H3,(H,28,29,30)/b6-5+,17-8-. The molecule has 1 N–H and O–H groups in total. The predicted molar refractivity (Wildman–Crippen MR) is 116 cm³/mol. The van der Waals surface area contributed by atoms with Gasteiger partial charge < -0.3 is 4.74 Å². The maximum absolute atomic E-state index is 12.5. The number of carbonyl (C=O) groups excluding carboxylic acids is 3. The molecule has 2 aliphatic rings. The number of anilines is 1. The summed E-state index contributed by atoms with van der Waals surface area (Å²) in [6.45, 7) is 3.49. The van der Waals surface area contributed by atoms with Gasteiger partial charge in [0.1, 0.15) is 5.57 Å². The van der Waals surface area contributed by atoms with Crippen LogP contribution in [-0.4, -0.2) is 59.6 Å². The number of carbonyl (C=O) groups is 3. The number of likely N-dealkylation sites (N-methyl/N-ethyl adjacent to an activating group) is 2. The maximum Gasteiger partial charge on any atom is 0.333 e. The van der Waals surface area contributed by atoms with Gasteiger partial charge in [-0.25, -0.2) is 4.79 Å². The van der Waals surface area contributed by atoms with Gasteiger partial charge in [-0.05, 0) is 44.2 Å². The number of barbiturate groups is 1. The van der Waals surface area contributed by atoms with Crippen molar-refractivity contribution >= 4 is 45.3 Å². The number of ether oxygens (including phenoxy) is 1. The van der Waals surface area contributed by atoms with Gasteiger partial charge in [0.05, 0.1) is 5.69 Å². The Hall–Kier alpha value is -3.15. The molecular formula is C20H20ClN3O7S. The van der Waals surface area contributed by atoms with E-state index in [9.17, 15) is 27.4 Å². The molecule has 0 radical (unpaired) electrons. The molecule has 0 spiro atoms. The lowest BCUT2D eigenvalue weighted by Gasteiger charge is -2.32. The molecule has 1 aromatic carbocycles. The third-order valence-corrected chi connectivity index (χ3v) is 5.46. The van der Waals surface area contributed by atoms with Crippen LogP contribution < -0.4 is 9.64 Å². The maximum atomic E-state index is 12.5. The summed E-state index contributed by atoms with van der Waals surface area (Å²) in [4.78, 5) is 40.3. The van der Waals surface area contributed by atoms with Crippen molar-refractivity contribution in [3.8, 4) is 5.75 Å². The van der Waals surface area contributed by atoms with E-state index in [1.807, 2.05) is 0 Å². The van der Waals surface area contributed by atoms with Crippen LogP contribution in [0.3, 0.4) is 0 Å². The summed E-state index contributed by atoms with van der Waals surface area (Å²) in [6.07, 6.45) is 5.48. The fraction of sp³-hybridized carbons (Fsp3) is 0.250. The zero-order chi connectivity index (χ0) is 23.6. The Morgan fingerprint density at radius 3 is 2.16 bits per heavy atom. The first kappa shape index (κ1) is 23.5. The van der Waals surface area contributed by atoms with E-state index in [0.29, 0.717) is 16.5 Å². The van der Waals surface area contributed by atoms with E-state index in [-0.39, 0.29) is 24.5 Å². The average molecular weight is 482 g/mol. The third kappa shape index (κ3) is 4.69. The molecule has 1 saturated heterocycles. The lowest BCUT2D eigenvalue weighted by molar-refractivity contribution is -0.135. The van der Waals surface area contributed by atoms with Crippen molar-refractivity contribution in [2.45, 2.75) is 13.8 Å². The molecule has 1 aromatic rings. The smallest absolute Gasteiger partial charge is 0.333 e. The number of amides is 4. The average Bonchev–Trinajstić information content (AvgIpc) is 3.03. The monoisotopic (exact) mass is 481 g/mol. The molecule has 1 fully saturated rings. The van der Waals surface area contributed by atoms with Crippen molar-refractivity contribution in [3.63, 3.8) is 0 Å². The fourth-order valence-corrected chi connectivity index (χ4v) is 3.95. The second-order valence-electron chi connectivity index (χ2n) is 6.70. The second kappa shape index (κ2) is 9.15. The molecule has 32 heavy (non-hydrogen) atoms. The Morgan fingerprint density at radius 2 is 1.59 bits per heavy atom. The molecule has 0 unspecified atom stereocenters. The van der Waals surface area contributed by atoms with Gasteiger partial charge in [-0.3, -0.25) is 28.8 Å². The number of fused-ring (bicyclic) bond motifs is 1. The number of rotatable bonds is 6. The van der Waals surface area contributed by atoms with Gasteiger partial charge in [-0.15, -0.1) is 0 Å². The highest BCUT2D eigenvalue weighted by molar-refractivity contribution is 7.85. The van der Waals surface area contributed by atoms with Crippen LogP contribution in [0.2, 0.25) is 5.02 Å². The summed E-state index contributed by atoms with van der Waals surface area (Å²) in [5, 5.41) is 0.346. The normalized spacial score (nSPS) is 18.1. The SMILES string of the molecule is CCN1C(=O)C(=C/C=C/C=C2\Oc3ccc(Cl)cc3N2CS(=O)(=O)O)C(=O)N(CC)C1=O. The van der Waals surface area contributed by atoms with Crippen molar-refractivity contribution in [3.05, 3.63) is 59.0 Å². The van der Waals surface area contributed by atoms with Gasteiger partial charge in [0, 0.05) is 18.1 Å². The zero-order valence-corrected chi connectivity index (χ0v) is 18.8. The Bertz CT molecular complexity index is 1150. The number of hydrogen-bond donors (Lipinski definition) is 1. The van der Waals surface area contributed by atoms with Crippen LogP contribution in [0.1, 0.15) is 13.8 Å². The molecule has 0 atom stereocenters. The van der Waals surface area contributed by atoms with Crippen molar-refractivity contribution in [2.24, 2.45) is 0 Å². The number of hydrogen-bond acceptors (Lipinski definition) is 7. The molecule has 3 rings (SSSR count). The van der Waals surface area contributed by atoms with E-state index in [2.05, 4.69) is 0 Å². The summed E-state index contributed by atoms with van der Waals surface area (Å²) in [6, 6.07) is 3.94. The Morgan fingerprint density at radius 1 is 1.00 bits per heavy atom. The van der Waals surface area contributed by atoms with Gasteiger partial charge in [0.2, 0.25) is 5.88 Å². The van der Waals surface area contributed by atoms with Crippen molar-refractivity contribution in [1.29, 1.82) is 0 Å². The lowest BCUT2D eigenvalue weighted by atomic mass is 10.1. The van der Waals surface area contributed by atoms with Gasteiger partial charge in [0.15, 0.2) is 11.6 Å². The summed E-state index contributed by atoms with van der Waals surface area (Å²) < 4.78 is 37.8. The van der Waals surface area contributed by atoms with Crippen LogP contribution in [0.5, 0.6) is 5.75 Å². The quantitative estimate of drug-likeness (QED) is 0.373. The summed E-state index contributed by atoms with van der Waals surface area (Å²) >= 11 is 5.97. The molecule has 12 heteroatoms. The van der Waals surface area contributed by atoms with Crippen molar-refractivity contribution in [1.82, 2.24) is 9.80 Å². The molecule has 0 bridgehead atoms. The molecule has 170 valence electrons. The van der Waals surface area contributed by atoms with Crippen LogP contribution in [-0.2, 0) is 19.7 Å². The Labute approximate surface area is 189 Å². The molecule has 4 amide bonds. The molecule has 2 aliphatic heterocycles. The third-order valence-electron chi connectivity index (χ3n) is 4.64. The zero-order valence-electron chi connectivity index (χ0n) is 17.2. The van der Waals surface area contributed by atoms with E-state index >= 15 is 0 Å². The largest absolute Gasteiger partial charge is 0.439 e. The molecule has 0 aliphatic carbocycles. The molecule has 0 aromatic heterocycles. The summed E-state index contributed by atoms with van der Waals surface area (Å²) in [5.74, 6) is -1.74. The Balaban J connectivity index is 1.89. The van der Waals surface area contributed by atoms with Gasteiger partial charge >= 0.3 is 6.03 Å². The predicted octanol–water partition coefficient (Wildman–Crippen LogP) is 2.54. The van der Waals surface area contributed by atoms with Gasteiger partial charge in [0.25, 0.3) is 21.9 Å². The fourth-order valence-electron chi connectivity index (χ4n) is 3.19. The number of halogens is 1.